The summed E-state index contributed by atoms with van der Waals surface area (Å²) in [5.74, 6) is 0.573. The van der Waals surface area contributed by atoms with Crippen LogP contribution in [0, 0.1) is 0 Å². The minimum atomic E-state index is -0.894. The number of hydrogen-bond acceptors (Lipinski definition) is 3. The van der Waals surface area contributed by atoms with Crippen molar-refractivity contribution in [3.63, 3.8) is 0 Å². The second-order valence-corrected chi connectivity index (χ2v) is 8.54. The van der Waals surface area contributed by atoms with Crippen molar-refractivity contribution in [3.05, 3.63) is 70.9 Å². The van der Waals surface area contributed by atoms with E-state index in [4.69, 9.17) is 10.1 Å². The topological polar surface area (TPSA) is 62.2 Å². The van der Waals surface area contributed by atoms with Gasteiger partial charge in [-0.1, -0.05) is 63.0 Å². The standard InChI is InChI=1S/C27H36N2O2/c1-2-22-18-19-25(23-12-10-8-6-4-3-5-7-9-11-13-23)29-26(22)28-20-21-14-16-24(17-15-21)27(30)31/h6,8,14-19,23H,2-5,7,9-13,20H2,1H3,(H,28,29)(H,30,31). The third-order valence-corrected chi connectivity index (χ3v) is 6.23. The molecule has 0 fully saturated rings. The molecule has 0 saturated carbocycles. The van der Waals surface area contributed by atoms with E-state index in [1.807, 2.05) is 12.1 Å². The SMILES string of the molecule is CCc1ccc(C2CCC=CCCCCCCC2)nc1NCc1ccc(C(=O)O)cc1. The summed E-state index contributed by atoms with van der Waals surface area (Å²) >= 11 is 0. The van der Waals surface area contributed by atoms with Crippen molar-refractivity contribution in [1.82, 2.24) is 4.98 Å². The zero-order valence-corrected chi connectivity index (χ0v) is 18.8. The number of aromatic carboxylic acids is 1. The maximum atomic E-state index is 11.1. The van der Waals surface area contributed by atoms with Crippen LogP contribution >= 0.6 is 0 Å². The molecule has 1 heterocycles. The zero-order chi connectivity index (χ0) is 21.9. The highest BCUT2D eigenvalue weighted by Gasteiger charge is 2.15. The van der Waals surface area contributed by atoms with Gasteiger partial charge in [0, 0.05) is 18.2 Å². The predicted octanol–water partition coefficient (Wildman–Crippen LogP) is 7.12. The van der Waals surface area contributed by atoms with Gasteiger partial charge in [0.25, 0.3) is 0 Å². The first-order valence-electron chi connectivity index (χ1n) is 11.9. The number of aryl methyl sites for hydroxylation is 1. The lowest BCUT2D eigenvalue weighted by atomic mass is 9.91. The van der Waals surface area contributed by atoms with Crippen LogP contribution in [0.3, 0.4) is 0 Å². The van der Waals surface area contributed by atoms with E-state index >= 15 is 0 Å². The number of nitrogens with one attached hydrogen (secondary N) is 1. The number of carboxylic acid groups (broad SMARTS) is 1. The highest BCUT2D eigenvalue weighted by Crippen LogP contribution is 2.29. The molecule has 1 aromatic heterocycles. The predicted molar refractivity (Wildman–Crippen MR) is 128 cm³/mol. The van der Waals surface area contributed by atoms with E-state index in [9.17, 15) is 4.79 Å². The van der Waals surface area contributed by atoms with Crippen LogP contribution in [0.25, 0.3) is 0 Å². The summed E-state index contributed by atoms with van der Waals surface area (Å²) in [6.45, 7) is 2.79. The number of allylic oxidation sites excluding steroid dienone is 2. The van der Waals surface area contributed by atoms with Crippen molar-refractivity contribution in [3.8, 4) is 0 Å². The molecule has 1 aromatic carbocycles. The minimum Gasteiger partial charge on any atom is -0.478 e. The summed E-state index contributed by atoms with van der Waals surface area (Å²) in [5.41, 5.74) is 3.79. The molecule has 0 saturated heterocycles. The Morgan fingerprint density at radius 2 is 1.71 bits per heavy atom. The zero-order valence-electron chi connectivity index (χ0n) is 18.8. The molecule has 166 valence electrons. The van der Waals surface area contributed by atoms with Gasteiger partial charge in [0.05, 0.1) is 5.56 Å². The molecular formula is C27H36N2O2. The fraction of sp³-hybridized carbons (Fsp3) is 0.481. The van der Waals surface area contributed by atoms with Crippen LogP contribution < -0.4 is 5.32 Å². The normalized spacial score (nSPS) is 18.0. The molecule has 1 unspecified atom stereocenters. The van der Waals surface area contributed by atoms with Gasteiger partial charge < -0.3 is 10.4 Å². The third kappa shape index (κ3) is 7.23. The van der Waals surface area contributed by atoms with Crippen molar-refractivity contribution >= 4 is 11.8 Å². The largest absolute Gasteiger partial charge is 0.478 e. The number of carboxylic acids is 1. The van der Waals surface area contributed by atoms with Gasteiger partial charge in [-0.2, -0.15) is 0 Å². The van der Waals surface area contributed by atoms with Crippen molar-refractivity contribution < 1.29 is 9.90 Å². The quantitative estimate of drug-likeness (QED) is 0.488. The van der Waals surface area contributed by atoms with E-state index in [0.717, 1.165) is 30.6 Å². The number of rotatable bonds is 6. The summed E-state index contributed by atoms with van der Waals surface area (Å²) in [5, 5.41) is 12.6. The van der Waals surface area contributed by atoms with Gasteiger partial charge in [-0.3, -0.25) is 0 Å². The molecule has 3 rings (SSSR count). The molecule has 1 aliphatic carbocycles. The van der Waals surface area contributed by atoms with E-state index in [2.05, 4.69) is 36.5 Å². The second kappa shape index (κ2) is 12.3. The first-order valence-corrected chi connectivity index (χ1v) is 11.9. The van der Waals surface area contributed by atoms with E-state index in [0.29, 0.717) is 18.0 Å². The number of aromatic nitrogens is 1. The first kappa shape index (κ1) is 23.1. The molecule has 2 N–H and O–H groups in total. The fourth-order valence-electron chi connectivity index (χ4n) is 4.28. The Morgan fingerprint density at radius 1 is 0.968 bits per heavy atom. The van der Waals surface area contributed by atoms with Gasteiger partial charge in [0.2, 0.25) is 0 Å². The first-order chi connectivity index (χ1) is 15.2. The van der Waals surface area contributed by atoms with Gasteiger partial charge >= 0.3 is 5.97 Å². The molecule has 0 radical (unpaired) electrons. The molecule has 0 bridgehead atoms. The smallest absolute Gasteiger partial charge is 0.335 e. The highest BCUT2D eigenvalue weighted by atomic mass is 16.4. The molecule has 4 nitrogen and oxygen atoms in total. The Labute approximate surface area is 186 Å². The molecule has 0 amide bonds. The van der Waals surface area contributed by atoms with Crippen molar-refractivity contribution in [2.75, 3.05) is 5.32 Å². The van der Waals surface area contributed by atoms with E-state index in [-0.39, 0.29) is 0 Å². The summed E-state index contributed by atoms with van der Waals surface area (Å²) in [4.78, 5) is 16.1. The van der Waals surface area contributed by atoms with E-state index in [1.54, 1.807) is 12.1 Å². The highest BCUT2D eigenvalue weighted by molar-refractivity contribution is 5.87. The summed E-state index contributed by atoms with van der Waals surface area (Å²) in [6.07, 6.45) is 17.0. The summed E-state index contributed by atoms with van der Waals surface area (Å²) in [7, 11) is 0. The Hall–Kier alpha value is -2.62. The molecule has 1 atom stereocenters. The van der Waals surface area contributed by atoms with Crippen molar-refractivity contribution in [2.45, 2.75) is 83.6 Å². The monoisotopic (exact) mass is 420 g/mol. The second-order valence-electron chi connectivity index (χ2n) is 8.54. The van der Waals surface area contributed by atoms with Crippen LogP contribution in [0.1, 0.15) is 97.8 Å². The number of pyridine rings is 1. The molecule has 0 aliphatic heterocycles. The fourth-order valence-corrected chi connectivity index (χ4v) is 4.28. The number of hydrogen-bond donors (Lipinski definition) is 2. The minimum absolute atomic E-state index is 0.315. The molecule has 1 aliphatic rings. The lowest BCUT2D eigenvalue weighted by molar-refractivity contribution is 0.0697. The summed E-state index contributed by atoms with van der Waals surface area (Å²) in [6, 6.07) is 11.5. The third-order valence-electron chi connectivity index (χ3n) is 6.23. The Kier molecular flexibility index (Phi) is 9.14. The maximum Gasteiger partial charge on any atom is 0.335 e. The number of anilines is 1. The number of carbonyl (C=O) groups is 1. The van der Waals surface area contributed by atoms with Gasteiger partial charge in [-0.15, -0.1) is 0 Å². The number of benzene rings is 1. The van der Waals surface area contributed by atoms with Crippen LogP contribution in [0.4, 0.5) is 5.82 Å². The van der Waals surface area contributed by atoms with E-state index < -0.39 is 5.97 Å². The average molecular weight is 421 g/mol. The van der Waals surface area contributed by atoms with Gasteiger partial charge in [0.1, 0.15) is 5.82 Å². The van der Waals surface area contributed by atoms with Crippen LogP contribution in [-0.4, -0.2) is 16.1 Å². The maximum absolute atomic E-state index is 11.1. The molecule has 31 heavy (non-hydrogen) atoms. The van der Waals surface area contributed by atoms with Gasteiger partial charge in [-0.05, 0) is 67.9 Å². The van der Waals surface area contributed by atoms with Crippen LogP contribution in [0.5, 0.6) is 0 Å². The average Bonchev–Trinajstić information content (AvgIpc) is 2.78. The lowest BCUT2D eigenvalue weighted by Gasteiger charge is -2.19. The Morgan fingerprint density at radius 3 is 2.48 bits per heavy atom. The van der Waals surface area contributed by atoms with Crippen LogP contribution in [0.15, 0.2) is 48.6 Å². The van der Waals surface area contributed by atoms with Crippen molar-refractivity contribution in [2.24, 2.45) is 0 Å². The lowest BCUT2D eigenvalue weighted by Crippen LogP contribution is -2.09. The molecular weight excluding hydrogens is 384 g/mol. The molecule has 4 heteroatoms. The van der Waals surface area contributed by atoms with E-state index in [1.165, 1.54) is 56.2 Å². The van der Waals surface area contributed by atoms with Crippen LogP contribution in [0.2, 0.25) is 0 Å². The molecule has 0 spiro atoms. The van der Waals surface area contributed by atoms with Gasteiger partial charge in [0.15, 0.2) is 0 Å². The van der Waals surface area contributed by atoms with Crippen LogP contribution in [-0.2, 0) is 13.0 Å². The summed E-state index contributed by atoms with van der Waals surface area (Å²) < 4.78 is 0. The Balaban J connectivity index is 1.71. The van der Waals surface area contributed by atoms with Crippen molar-refractivity contribution in [1.29, 1.82) is 0 Å². The Bertz CT molecular complexity index is 858. The number of nitrogens with zero attached hydrogens (tertiary/aromatic N) is 1. The molecule has 2 aromatic rings. The van der Waals surface area contributed by atoms with Gasteiger partial charge in [-0.25, -0.2) is 9.78 Å².